The normalized spacial score (nSPS) is 11.1. The molecule has 22 heavy (non-hydrogen) atoms. The molecular formula is C15H14BrClN4O. The third-order valence-electron chi connectivity index (χ3n) is 3.40. The first-order chi connectivity index (χ1) is 10.6. The van der Waals surface area contributed by atoms with Crippen LogP contribution in [0.2, 0.25) is 5.02 Å². The summed E-state index contributed by atoms with van der Waals surface area (Å²) >= 11 is 9.62. The second-order valence-electron chi connectivity index (χ2n) is 4.94. The van der Waals surface area contributed by atoms with Crippen LogP contribution in [0, 0.1) is 13.8 Å². The Morgan fingerprint density at radius 3 is 2.68 bits per heavy atom. The molecule has 5 nitrogen and oxygen atoms in total. The third kappa shape index (κ3) is 2.94. The van der Waals surface area contributed by atoms with Crippen LogP contribution in [-0.2, 0) is 13.0 Å². The van der Waals surface area contributed by atoms with E-state index in [-0.39, 0.29) is 0 Å². The van der Waals surface area contributed by atoms with Crippen molar-refractivity contribution in [2.75, 3.05) is 0 Å². The first-order valence-corrected chi connectivity index (χ1v) is 8.00. The summed E-state index contributed by atoms with van der Waals surface area (Å²) in [4.78, 5) is 0. The van der Waals surface area contributed by atoms with Gasteiger partial charge in [-0.1, -0.05) is 23.7 Å². The molecule has 0 unspecified atom stereocenters. The van der Waals surface area contributed by atoms with Gasteiger partial charge in [0.15, 0.2) is 0 Å². The van der Waals surface area contributed by atoms with Crippen LogP contribution in [0.3, 0.4) is 0 Å². The zero-order chi connectivity index (χ0) is 15.7. The van der Waals surface area contributed by atoms with Crippen molar-refractivity contribution in [3.8, 4) is 11.5 Å². The second-order valence-corrected chi connectivity index (χ2v) is 6.17. The van der Waals surface area contributed by atoms with Gasteiger partial charge < -0.3 is 4.42 Å². The quantitative estimate of drug-likeness (QED) is 0.679. The molecule has 114 valence electrons. The van der Waals surface area contributed by atoms with Gasteiger partial charge in [-0.15, -0.1) is 10.2 Å². The summed E-state index contributed by atoms with van der Waals surface area (Å²) in [5, 5.41) is 13.3. The summed E-state index contributed by atoms with van der Waals surface area (Å²) in [6.45, 7) is 4.49. The fourth-order valence-electron chi connectivity index (χ4n) is 2.19. The summed E-state index contributed by atoms with van der Waals surface area (Å²) < 4.78 is 8.51. The molecule has 7 heteroatoms. The Morgan fingerprint density at radius 2 is 2.00 bits per heavy atom. The molecule has 0 radical (unpaired) electrons. The molecule has 0 saturated carbocycles. The Hall–Kier alpha value is -1.66. The topological polar surface area (TPSA) is 56.7 Å². The van der Waals surface area contributed by atoms with Crippen molar-refractivity contribution in [3.63, 3.8) is 0 Å². The van der Waals surface area contributed by atoms with Crippen molar-refractivity contribution >= 4 is 27.5 Å². The van der Waals surface area contributed by atoms with Crippen molar-refractivity contribution in [2.24, 2.45) is 0 Å². The van der Waals surface area contributed by atoms with E-state index in [4.69, 9.17) is 16.0 Å². The number of benzene rings is 1. The molecule has 0 spiro atoms. The molecule has 0 aliphatic heterocycles. The minimum atomic E-state index is 0.508. The van der Waals surface area contributed by atoms with E-state index in [9.17, 15) is 0 Å². The van der Waals surface area contributed by atoms with E-state index in [0.717, 1.165) is 21.4 Å². The summed E-state index contributed by atoms with van der Waals surface area (Å²) in [5.41, 5.74) is 2.67. The van der Waals surface area contributed by atoms with E-state index in [1.54, 1.807) is 0 Å². The summed E-state index contributed by atoms with van der Waals surface area (Å²) in [5.74, 6) is 1.09. The third-order valence-corrected chi connectivity index (χ3v) is 4.64. The standard InChI is InChI=1S/C15H14BrClN4O/c1-9-14(17)10(2)21(20-9)8-7-13-18-19-15(22-13)11-5-3-4-6-12(11)16/h3-6H,7-8H2,1-2H3. The Bertz CT molecular complexity index is 812. The number of aryl methyl sites for hydroxylation is 3. The molecule has 1 aromatic carbocycles. The van der Waals surface area contributed by atoms with Crippen molar-refractivity contribution in [1.82, 2.24) is 20.0 Å². The van der Waals surface area contributed by atoms with Crippen LogP contribution in [0.25, 0.3) is 11.5 Å². The Balaban J connectivity index is 1.75. The molecule has 2 aromatic heterocycles. The number of rotatable bonds is 4. The fourth-order valence-corrected chi connectivity index (χ4v) is 2.78. The van der Waals surface area contributed by atoms with Gasteiger partial charge in [-0.2, -0.15) is 5.10 Å². The van der Waals surface area contributed by atoms with Gasteiger partial charge in [-0.25, -0.2) is 0 Å². The molecule has 0 fully saturated rings. The lowest BCUT2D eigenvalue weighted by Gasteiger charge is -2.01. The zero-order valence-electron chi connectivity index (χ0n) is 12.2. The molecule has 0 aliphatic carbocycles. The first kappa shape index (κ1) is 15.2. The lowest BCUT2D eigenvalue weighted by Crippen LogP contribution is -2.05. The minimum absolute atomic E-state index is 0.508. The molecular weight excluding hydrogens is 368 g/mol. The molecule has 0 aliphatic rings. The van der Waals surface area contributed by atoms with Crippen molar-refractivity contribution in [2.45, 2.75) is 26.8 Å². The lowest BCUT2D eigenvalue weighted by molar-refractivity contribution is 0.471. The van der Waals surface area contributed by atoms with Crippen molar-refractivity contribution in [1.29, 1.82) is 0 Å². The van der Waals surface area contributed by atoms with Crippen LogP contribution in [0.1, 0.15) is 17.3 Å². The molecule has 0 saturated heterocycles. The first-order valence-electron chi connectivity index (χ1n) is 6.83. The van der Waals surface area contributed by atoms with Gasteiger partial charge in [0.25, 0.3) is 0 Å². The maximum atomic E-state index is 6.14. The van der Waals surface area contributed by atoms with Gasteiger partial charge in [-0.05, 0) is 41.9 Å². The summed E-state index contributed by atoms with van der Waals surface area (Å²) in [7, 11) is 0. The SMILES string of the molecule is Cc1nn(CCc2nnc(-c3ccccc3Br)o2)c(C)c1Cl. The predicted molar refractivity (Wildman–Crippen MR) is 87.8 cm³/mol. The van der Waals surface area contributed by atoms with E-state index >= 15 is 0 Å². The van der Waals surface area contributed by atoms with Gasteiger partial charge in [0.05, 0.1) is 22.0 Å². The highest BCUT2D eigenvalue weighted by Crippen LogP contribution is 2.27. The van der Waals surface area contributed by atoms with Crippen LogP contribution < -0.4 is 0 Å². The largest absolute Gasteiger partial charge is 0.421 e. The van der Waals surface area contributed by atoms with Gasteiger partial charge in [0.2, 0.25) is 11.8 Å². The number of hydrogen-bond donors (Lipinski definition) is 0. The zero-order valence-corrected chi connectivity index (χ0v) is 14.5. The maximum absolute atomic E-state index is 6.14. The maximum Gasteiger partial charge on any atom is 0.248 e. The molecule has 0 amide bonds. The van der Waals surface area contributed by atoms with Crippen LogP contribution in [-0.4, -0.2) is 20.0 Å². The predicted octanol–water partition coefficient (Wildman–Crippen LogP) is 4.21. The van der Waals surface area contributed by atoms with E-state index in [0.29, 0.717) is 29.8 Å². The van der Waals surface area contributed by atoms with Gasteiger partial charge >= 0.3 is 0 Å². The molecule has 0 atom stereocenters. The highest BCUT2D eigenvalue weighted by molar-refractivity contribution is 9.10. The number of halogens is 2. The van der Waals surface area contributed by atoms with Crippen LogP contribution in [0.5, 0.6) is 0 Å². The average Bonchev–Trinajstić information content (AvgIpc) is 3.07. The van der Waals surface area contributed by atoms with E-state index in [2.05, 4.69) is 31.2 Å². The molecule has 3 rings (SSSR count). The monoisotopic (exact) mass is 380 g/mol. The Morgan fingerprint density at radius 1 is 1.23 bits per heavy atom. The molecule has 0 N–H and O–H groups in total. The van der Waals surface area contributed by atoms with Crippen LogP contribution >= 0.6 is 27.5 Å². The number of nitrogens with zero attached hydrogens (tertiary/aromatic N) is 4. The van der Waals surface area contributed by atoms with E-state index in [1.807, 2.05) is 42.8 Å². The molecule has 2 heterocycles. The number of aromatic nitrogens is 4. The lowest BCUT2D eigenvalue weighted by atomic mass is 10.2. The van der Waals surface area contributed by atoms with E-state index in [1.165, 1.54) is 0 Å². The highest BCUT2D eigenvalue weighted by Gasteiger charge is 2.13. The smallest absolute Gasteiger partial charge is 0.248 e. The molecule has 0 bridgehead atoms. The second kappa shape index (κ2) is 6.22. The summed E-state index contributed by atoms with van der Waals surface area (Å²) in [6.07, 6.45) is 0.607. The molecule has 3 aromatic rings. The average molecular weight is 382 g/mol. The highest BCUT2D eigenvalue weighted by atomic mass is 79.9. The van der Waals surface area contributed by atoms with Crippen LogP contribution in [0.15, 0.2) is 33.2 Å². The van der Waals surface area contributed by atoms with Crippen LogP contribution in [0.4, 0.5) is 0 Å². The Labute approximate surface area is 141 Å². The number of hydrogen-bond acceptors (Lipinski definition) is 4. The van der Waals surface area contributed by atoms with Gasteiger partial charge in [0, 0.05) is 17.4 Å². The Kier molecular flexibility index (Phi) is 4.31. The van der Waals surface area contributed by atoms with E-state index < -0.39 is 0 Å². The van der Waals surface area contributed by atoms with Crippen molar-refractivity contribution < 1.29 is 4.42 Å². The fraction of sp³-hybridized carbons (Fsp3) is 0.267. The van der Waals surface area contributed by atoms with Crippen molar-refractivity contribution in [3.05, 3.63) is 51.0 Å². The summed E-state index contributed by atoms with van der Waals surface area (Å²) in [6, 6.07) is 7.75. The van der Waals surface area contributed by atoms with Gasteiger partial charge in [0.1, 0.15) is 0 Å². The minimum Gasteiger partial charge on any atom is -0.421 e. The van der Waals surface area contributed by atoms with Gasteiger partial charge in [-0.3, -0.25) is 4.68 Å².